The van der Waals surface area contributed by atoms with E-state index in [1.54, 1.807) is 0 Å². The van der Waals surface area contributed by atoms with Gasteiger partial charge in [-0.1, -0.05) is 0 Å². The molecule has 2 aliphatic rings. The van der Waals surface area contributed by atoms with Crippen molar-refractivity contribution >= 4 is 17.1 Å². The fourth-order valence-electron chi connectivity index (χ4n) is 3.42. The van der Waals surface area contributed by atoms with Crippen LogP contribution >= 0.6 is 0 Å². The summed E-state index contributed by atoms with van der Waals surface area (Å²) in [5.74, 6) is -1.02. The van der Waals surface area contributed by atoms with Gasteiger partial charge < -0.3 is 9.64 Å². The number of anilines is 1. The van der Waals surface area contributed by atoms with Crippen LogP contribution in [0.5, 0.6) is 0 Å². The van der Waals surface area contributed by atoms with Crippen LogP contribution in [0.15, 0.2) is 0 Å². The Morgan fingerprint density at radius 3 is 2.27 bits per heavy atom. The van der Waals surface area contributed by atoms with Crippen LogP contribution in [0.3, 0.4) is 0 Å². The van der Waals surface area contributed by atoms with Gasteiger partial charge in [0.1, 0.15) is 5.52 Å². The SMILES string of the molecule is Cc1nc2nc(N3CCOCC3)nc(C3CC(C(F)(F)F)C3)c2nc1C. The van der Waals surface area contributed by atoms with Crippen molar-refractivity contribution in [1.82, 2.24) is 19.9 Å². The van der Waals surface area contributed by atoms with Crippen molar-refractivity contribution in [1.29, 1.82) is 0 Å². The van der Waals surface area contributed by atoms with Crippen molar-refractivity contribution in [2.45, 2.75) is 38.8 Å². The van der Waals surface area contributed by atoms with Gasteiger partial charge in [0.2, 0.25) is 5.95 Å². The van der Waals surface area contributed by atoms with E-state index < -0.39 is 12.1 Å². The second-order valence-electron chi connectivity index (χ2n) is 6.98. The third kappa shape index (κ3) is 3.08. The molecule has 2 aromatic rings. The summed E-state index contributed by atoms with van der Waals surface area (Å²) in [7, 11) is 0. The van der Waals surface area contributed by atoms with Crippen LogP contribution in [0.4, 0.5) is 19.1 Å². The minimum Gasteiger partial charge on any atom is -0.378 e. The molecule has 0 N–H and O–H groups in total. The summed E-state index contributed by atoms with van der Waals surface area (Å²) in [6.07, 6.45) is -4.05. The molecule has 6 nitrogen and oxygen atoms in total. The van der Waals surface area contributed by atoms with E-state index in [0.717, 1.165) is 11.4 Å². The van der Waals surface area contributed by atoms with Gasteiger partial charge in [0.25, 0.3) is 0 Å². The van der Waals surface area contributed by atoms with Gasteiger partial charge >= 0.3 is 6.18 Å². The van der Waals surface area contributed by atoms with Gasteiger partial charge in [-0.15, -0.1) is 0 Å². The third-order valence-electron chi connectivity index (χ3n) is 5.24. The highest BCUT2D eigenvalue weighted by molar-refractivity contribution is 5.75. The molecule has 0 amide bonds. The zero-order chi connectivity index (χ0) is 18.5. The molecule has 140 valence electrons. The molecule has 9 heteroatoms. The summed E-state index contributed by atoms with van der Waals surface area (Å²) in [6.45, 7) is 6.14. The highest BCUT2D eigenvalue weighted by Gasteiger charge is 2.49. The average molecular weight is 367 g/mol. The number of hydrogen-bond donors (Lipinski definition) is 0. The lowest BCUT2D eigenvalue weighted by molar-refractivity contribution is -0.197. The molecule has 3 heterocycles. The predicted molar refractivity (Wildman–Crippen MR) is 89.2 cm³/mol. The predicted octanol–water partition coefficient (Wildman–Crippen LogP) is 2.93. The number of aromatic nitrogens is 4. The van der Waals surface area contributed by atoms with Crippen LogP contribution in [0, 0.1) is 19.8 Å². The number of morpholine rings is 1. The average Bonchev–Trinajstić information content (AvgIpc) is 2.54. The second kappa shape index (κ2) is 6.29. The number of fused-ring (bicyclic) bond motifs is 1. The number of ether oxygens (including phenoxy) is 1. The quantitative estimate of drug-likeness (QED) is 0.813. The normalized spacial score (nSPS) is 24.0. The van der Waals surface area contributed by atoms with Gasteiger partial charge in [-0.25, -0.2) is 15.0 Å². The fourth-order valence-corrected chi connectivity index (χ4v) is 3.42. The van der Waals surface area contributed by atoms with Crippen LogP contribution in [0.1, 0.15) is 35.8 Å². The van der Waals surface area contributed by atoms with Crippen molar-refractivity contribution in [3.8, 4) is 0 Å². The van der Waals surface area contributed by atoms with E-state index in [0.29, 0.717) is 49.1 Å². The molecule has 26 heavy (non-hydrogen) atoms. The summed E-state index contributed by atoms with van der Waals surface area (Å²) in [6, 6.07) is 0. The first-order chi connectivity index (χ1) is 12.3. The topological polar surface area (TPSA) is 64.0 Å². The summed E-state index contributed by atoms with van der Waals surface area (Å²) in [5, 5.41) is 0. The molecule has 1 saturated heterocycles. The lowest BCUT2D eigenvalue weighted by atomic mass is 9.72. The molecule has 1 saturated carbocycles. The number of alkyl halides is 3. The minimum absolute atomic E-state index is 0.0484. The fraction of sp³-hybridized carbons (Fsp3) is 0.647. The highest BCUT2D eigenvalue weighted by atomic mass is 19.4. The highest BCUT2D eigenvalue weighted by Crippen LogP contribution is 2.50. The standard InChI is InChI=1S/C17H20F3N5O/c1-9-10(2)22-15-14(21-9)13(11-7-12(8-11)17(18,19)20)23-16(24-15)25-3-5-26-6-4-25/h11-12H,3-8H2,1-2H3. The van der Waals surface area contributed by atoms with Crippen molar-refractivity contribution in [3.63, 3.8) is 0 Å². The molecular formula is C17H20F3N5O. The summed E-state index contributed by atoms with van der Waals surface area (Å²) >= 11 is 0. The second-order valence-corrected chi connectivity index (χ2v) is 6.98. The zero-order valence-corrected chi connectivity index (χ0v) is 14.7. The summed E-state index contributed by atoms with van der Waals surface area (Å²) in [4.78, 5) is 20.2. The van der Waals surface area contributed by atoms with E-state index in [9.17, 15) is 13.2 Å². The molecule has 0 atom stereocenters. The maximum absolute atomic E-state index is 12.9. The first kappa shape index (κ1) is 17.4. The van der Waals surface area contributed by atoms with Crippen LogP contribution in [0.25, 0.3) is 11.2 Å². The Morgan fingerprint density at radius 2 is 1.62 bits per heavy atom. The van der Waals surface area contributed by atoms with Crippen molar-refractivity contribution < 1.29 is 17.9 Å². The number of aryl methyl sites for hydroxylation is 2. The van der Waals surface area contributed by atoms with E-state index in [1.807, 2.05) is 18.7 Å². The lowest BCUT2D eigenvalue weighted by Crippen LogP contribution is -2.38. The molecular weight excluding hydrogens is 347 g/mol. The smallest absolute Gasteiger partial charge is 0.378 e. The van der Waals surface area contributed by atoms with Gasteiger partial charge in [-0.2, -0.15) is 18.2 Å². The van der Waals surface area contributed by atoms with Gasteiger partial charge in [0.15, 0.2) is 5.65 Å². The zero-order valence-electron chi connectivity index (χ0n) is 14.7. The van der Waals surface area contributed by atoms with Crippen LogP contribution in [0.2, 0.25) is 0 Å². The molecule has 1 aliphatic carbocycles. The van der Waals surface area contributed by atoms with Gasteiger partial charge in [0, 0.05) is 19.0 Å². The number of halogens is 3. The molecule has 0 radical (unpaired) electrons. The van der Waals surface area contributed by atoms with Gasteiger partial charge in [0.05, 0.1) is 36.2 Å². The summed E-state index contributed by atoms with van der Waals surface area (Å²) in [5.41, 5.74) is 3.07. The molecule has 0 aromatic carbocycles. The Kier molecular flexibility index (Phi) is 4.21. The van der Waals surface area contributed by atoms with Gasteiger partial charge in [-0.3, -0.25) is 0 Å². The Morgan fingerprint density at radius 1 is 0.962 bits per heavy atom. The van der Waals surface area contributed by atoms with Crippen LogP contribution in [-0.2, 0) is 4.74 Å². The monoisotopic (exact) mass is 367 g/mol. The maximum atomic E-state index is 12.9. The number of rotatable bonds is 2. The maximum Gasteiger partial charge on any atom is 0.391 e. The number of hydrogen-bond acceptors (Lipinski definition) is 6. The molecule has 2 fully saturated rings. The molecule has 4 rings (SSSR count). The number of nitrogens with zero attached hydrogens (tertiary/aromatic N) is 5. The Bertz CT molecular complexity index is 829. The molecule has 1 aliphatic heterocycles. The third-order valence-corrected chi connectivity index (χ3v) is 5.24. The van der Waals surface area contributed by atoms with E-state index in [4.69, 9.17) is 4.74 Å². The van der Waals surface area contributed by atoms with Crippen LogP contribution < -0.4 is 4.90 Å². The van der Waals surface area contributed by atoms with E-state index in [-0.39, 0.29) is 18.8 Å². The van der Waals surface area contributed by atoms with Crippen molar-refractivity contribution in [2.75, 3.05) is 31.2 Å². The first-order valence-electron chi connectivity index (χ1n) is 8.75. The van der Waals surface area contributed by atoms with Crippen molar-refractivity contribution in [2.24, 2.45) is 5.92 Å². The Labute approximate surface area is 148 Å². The largest absolute Gasteiger partial charge is 0.391 e. The molecule has 0 spiro atoms. The Balaban J connectivity index is 1.75. The van der Waals surface area contributed by atoms with E-state index in [1.165, 1.54) is 0 Å². The molecule has 0 bridgehead atoms. The van der Waals surface area contributed by atoms with E-state index >= 15 is 0 Å². The van der Waals surface area contributed by atoms with Crippen LogP contribution in [-0.4, -0.2) is 52.4 Å². The lowest BCUT2D eigenvalue weighted by Gasteiger charge is -2.36. The summed E-state index contributed by atoms with van der Waals surface area (Å²) < 4.78 is 44.1. The molecule has 2 aromatic heterocycles. The van der Waals surface area contributed by atoms with Crippen molar-refractivity contribution in [3.05, 3.63) is 17.1 Å². The Hall–Kier alpha value is -2.03. The minimum atomic E-state index is -4.15. The van der Waals surface area contributed by atoms with Gasteiger partial charge in [-0.05, 0) is 26.7 Å². The van der Waals surface area contributed by atoms with E-state index in [2.05, 4.69) is 19.9 Å². The first-order valence-corrected chi connectivity index (χ1v) is 8.75. The molecule has 0 unspecified atom stereocenters.